The van der Waals surface area contributed by atoms with E-state index < -0.39 is 6.04 Å². The first-order chi connectivity index (χ1) is 16.6. The summed E-state index contributed by atoms with van der Waals surface area (Å²) >= 11 is 7.80. The van der Waals surface area contributed by atoms with Crippen LogP contribution in [0.15, 0.2) is 95.6 Å². The highest BCUT2D eigenvalue weighted by Crippen LogP contribution is 2.37. The number of allylic oxidation sites excluding steroid dienone is 1. The molecule has 5 rings (SSSR count). The summed E-state index contributed by atoms with van der Waals surface area (Å²) < 4.78 is 1.76. The molecule has 4 aromatic rings. The Bertz CT molecular complexity index is 1360. The summed E-state index contributed by atoms with van der Waals surface area (Å²) in [6, 6.07) is 20.4. The van der Waals surface area contributed by atoms with Gasteiger partial charge in [-0.1, -0.05) is 59.8 Å². The quantitative estimate of drug-likeness (QED) is 0.346. The van der Waals surface area contributed by atoms with Gasteiger partial charge in [0, 0.05) is 34.6 Å². The molecule has 1 aliphatic heterocycles. The van der Waals surface area contributed by atoms with E-state index >= 15 is 0 Å². The molecule has 0 spiro atoms. The molecule has 0 radical (unpaired) electrons. The molecule has 7 nitrogen and oxygen atoms in total. The monoisotopic (exact) mass is 488 g/mol. The normalized spacial score (nSPS) is 14.9. The molecular formula is C25H21ClN6OS. The summed E-state index contributed by atoms with van der Waals surface area (Å²) in [5.41, 5.74) is 3.91. The Hall–Kier alpha value is -3.62. The first-order valence-corrected chi connectivity index (χ1v) is 12.0. The minimum atomic E-state index is -0.454. The molecular weight excluding hydrogens is 468 g/mol. The Morgan fingerprint density at radius 1 is 1.09 bits per heavy atom. The second kappa shape index (κ2) is 9.70. The average molecular weight is 489 g/mol. The van der Waals surface area contributed by atoms with Crippen molar-refractivity contribution in [3.63, 3.8) is 0 Å². The lowest BCUT2D eigenvalue weighted by molar-refractivity contribution is -0.113. The molecule has 2 N–H and O–H groups in total. The van der Waals surface area contributed by atoms with Gasteiger partial charge >= 0.3 is 0 Å². The molecule has 3 heterocycles. The maximum atomic E-state index is 13.4. The van der Waals surface area contributed by atoms with Crippen LogP contribution in [0.4, 0.5) is 11.6 Å². The lowest BCUT2D eigenvalue weighted by Gasteiger charge is -2.28. The van der Waals surface area contributed by atoms with E-state index in [-0.39, 0.29) is 5.91 Å². The van der Waals surface area contributed by atoms with Gasteiger partial charge in [0.05, 0.1) is 5.57 Å². The van der Waals surface area contributed by atoms with Crippen LogP contribution in [0.1, 0.15) is 24.1 Å². The molecule has 1 amide bonds. The fourth-order valence-corrected chi connectivity index (χ4v) is 4.93. The molecule has 2 aromatic heterocycles. The lowest BCUT2D eigenvalue weighted by atomic mass is 9.96. The van der Waals surface area contributed by atoms with Crippen molar-refractivity contribution in [1.82, 2.24) is 19.7 Å². The molecule has 2 aromatic carbocycles. The maximum absolute atomic E-state index is 13.4. The van der Waals surface area contributed by atoms with Gasteiger partial charge in [-0.05, 0) is 48.4 Å². The molecule has 0 bridgehead atoms. The highest BCUT2D eigenvalue weighted by molar-refractivity contribution is 7.98. The first kappa shape index (κ1) is 22.2. The number of rotatable bonds is 6. The number of pyridine rings is 1. The third-order valence-electron chi connectivity index (χ3n) is 5.45. The van der Waals surface area contributed by atoms with Crippen LogP contribution < -0.4 is 10.6 Å². The van der Waals surface area contributed by atoms with Gasteiger partial charge in [0.2, 0.25) is 11.1 Å². The number of aromatic nitrogens is 4. The number of thioether (sulfide) groups is 1. The maximum Gasteiger partial charge on any atom is 0.255 e. The second-order valence-electron chi connectivity index (χ2n) is 7.71. The Morgan fingerprint density at radius 2 is 1.82 bits per heavy atom. The number of benzene rings is 2. The van der Waals surface area contributed by atoms with E-state index in [1.165, 1.54) is 11.8 Å². The highest BCUT2D eigenvalue weighted by Gasteiger charge is 2.34. The number of carbonyl (C=O) groups is 1. The van der Waals surface area contributed by atoms with Crippen LogP contribution >= 0.6 is 23.4 Å². The predicted molar refractivity (Wildman–Crippen MR) is 135 cm³/mol. The zero-order valence-electron chi connectivity index (χ0n) is 18.3. The van der Waals surface area contributed by atoms with Crippen LogP contribution in [-0.2, 0) is 10.5 Å². The molecule has 170 valence electrons. The number of para-hydroxylation sites is 1. The standard InChI is InChI=1S/C25H21ClN6OS/c1-16-21(23(33)29-19-8-3-2-4-9-19)22(17-11-13-27-14-12-17)32-24(28-16)30-25(31-32)34-15-18-7-5-6-10-20(18)26/h2-14,22H,15H2,1H3,(H,29,33)(H,28,30,31)/t22-/m0/s1. The average Bonchev–Trinajstić information content (AvgIpc) is 3.26. The Kier molecular flexibility index (Phi) is 6.33. The van der Waals surface area contributed by atoms with E-state index in [4.69, 9.17) is 16.7 Å². The van der Waals surface area contributed by atoms with Crippen LogP contribution in [0.25, 0.3) is 0 Å². The molecule has 0 unspecified atom stereocenters. The van der Waals surface area contributed by atoms with Gasteiger partial charge in [-0.2, -0.15) is 4.98 Å². The Labute approximate surface area is 206 Å². The number of fused-ring (bicyclic) bond motifs is 1. The smallest absolute Gasteiger partial charge is 0.255 e. The molecule has 0 fully saturated rings. The van der Waals surface area contributed by atoms with Crippen molar-refractivity contribution in [1.29, 1.82) is 0 Å². The molecule has 9 heteroatoms. The topological polar surface area (TPSA) is 84.7 Å². The van der Waals surface area contributed by atoms with Gasteiger partial charge in [-0.3, -0.25) is 9.78 Å². The van der Waals surface area contributed by atoms with Crippen molar-refractivity contribution in [2.24, 2.45) is 0 Å². The van der Waals surface area contributed by atoms with Crippen LogP contribution in [0.5, 0.6) is 0 Å². The third-order valence-corrected chi connectivity index (χ3v) is 6.70. The van der Waals surface area contributed by atoms with Crippen LogP contribution in [0.2, 0.25) is 5.02 Å². The van der Waals surface area contributed by atoms with E-state index in [0.29, 0.717) is 27.5 Å². The van der Waals surface area contributed by atoms with Crippen LogP contribution in [0, 0.1) is 0 Å². The number of halogens is 1. The van der Waals surface area contributed by atoms with Crippen molar-refractivity contribution < 1.29 is 4.79 Å². The van der Waals surface area contributed by atoms with Gasteiger partial charge in [-0.15, -0.1) is 5.10 Å². The zero-order valence-corrected chi connectivity index (χ0v) is 19.8. The summed E-state index contributed by atoms with van der Waals surface area (Å²) in [5, 5.41) is 12.3. The summed E-state index contributed by atoms with van der Waals surface area (Å²) in [6.07, 6.45) is 3.42. The SMILES string of the molecule is CC1=C(C(=O)Nc2ccccc2)[C@H](c2ccncc2)n2nc(SCc3ccccc3Cl)nc2N1. The largest absolute Gasteiger partial charge is 0.328 e. The minimum Gasteiger partial charge on any atom is -0.328 e. The van der Waals surface area contributed by atoms with Gasteiger partial charge in [0.15, 0.2) is 0 Å². The summed E-state index contributed by atoms with van der Waals surface area (Å²) in [7, 11) is 0. The summed E-state index contributed by atoms with van der Waals surface area (Å²) in [4.78, 5) is 22.2. The van der Waals surface area contributed by atoms with E-state index in [1.807, 2.05) is 73.7 Å². The van der Waals surface area contributed by atoms with Crippen molar-refractivity contribution in [2.45, 2.75) is 23.9 Å². The highest BCUT2D eigenvalue weighted by atomic mass is 35.5. The summed E-state index contributed by atoms with van der Waals surface area (Å²) in [6.45, 7) is 1.88. The molecule has 1 atom stereocenters. The van der Waals surface area contributed by atoms with Gasteiger partial charge in [0.25, 0.3) is 5.91 Å². The number of carbonyl (C=O) groups excluding carboxylic acids is 1. The number of anilines is 2. The third kappa shape index (κ3) is 4.55. The van der Waals surface area contributed by atoms with E-state index in [9.17, 15) is 4.79 Å². The van der Waals surface area contributed by atoms with Crippen LogP contribution in [0.3, 0.4) is 0 Å². The number of hydrogen-bond acceptors (Lipinski definition) is 6. The number of amides is 1. The summed E-state index contributed by atoms with van der Waals surface area (Å²) in [5.74, 6) is 1.01. The van der Waals surface area contributed by atoms with Crippen molar-refractivity contribution in [3.8, 4) is 0 Å². The lowest BCUT2D eigenvalue weighted by Crippen LogP contribution is -2.31. The predicted octanol–water partition coefficient (Wildman–Crippen LogP) is 5.55. The van der Waals surface area contributed by atoms with E-state index in [1.54, 1.807) is 17.1 Å². The zero-order chi connectivity index (χ0) is 23.5. The number of hydrogen-bond donors (Lipinski definition) is 2. The van der Waals surface area contributed by atoms with Gasteiger partial charge in [0.1, 0.15) is 6.04 Å². The Balaban J connectivity index is 1.48. The molecule has 1 aliphatic rings. The van der Waals surface area contributed by atoms with Gasteiger partial charge in [-0.25, -0.2) is 4.68 Å². The molecule has 34 heavy (non-hydrogen) atoms. The van der Waals surface area contributed by atoms with Crippen LogP contribution in [-0.4, -0.2) is 25.7 Å². The van der Waals surface area contributed by atoms with E-state index in [0.717, 1.165) is 22.5 Å². The molecule has 0 saturated carbocycles. The molecule has 0 aliphatic carbocycles. The second-order valence-corrected chi connectivity index (χ2v) is 9.06. The van der Waals surface area contributed by atoms with Crippen molar-refractivity contribution >= 4 is 40.9 Å². The Morgan fingerprint density at radius 3 is 2.59 bits per heavy atom. The van der Waals surface area contributed by atoms with E-state index in [2.05, 4.69) is 20.6 Å². The first-order valence-electron chi connectivity index (χ1n) is 10.7. The fourth-order valence-electron chi connectivity index (χ4n) is 3.82. The fraction of sp³-hybridized carbons (Fsp3) is 0.120. The van der Waals surface area contributed by atoms with Crippen molar-refractivity contribution in [3.05, 3.63) is 107 Å². The molecule has 0 saturated heterocycles. The minimum absolute atomic E-state index is 0.204. The van der Waals surface area contributed by atoms with Crippen molar-refractivity contribution in [2.75, 3.05) is 10.6 Å². The number of nitrogens with zero attached hydrogens (tertiary/aromatic N) is 4. The number of nitrogens with one attached hydrogen (secondary N) is 2. The van der Waals surface area contributed by atoms with Gasteiger partial charge < -0.3 is 10.6 Å².